The Morgan fingerprint density at radius 1 is 0.939 bits per heavy atom. The molecule has 0 aliphatic rings. The summed E-state index contributed by atoms with van der Waals surface area (Å²) in [4.78, 5) is 12.1. The molecule has 0 unspecified atom stereocenters. The zero-order chi connectivity index (χ0) is 23.8. The lowest BCUT2D eigenvalue weighted by Gasteiger charge is -2.09. The minimum Gasteiger partial charge on any atom is -0.493 e. The van der Waals surface area contributed by atoms with Gasteiger partial charge in [-0.25, -0.2) is 4.79 Å². The first-order chi connectivity index (χ1) is 15.9. The summed E-state index contributed by atoms with van der Waals surface area (Å²) in [6, 6.07) is 18.9. The number of carbonyl (C=O) groups excluding carboxylic acids is 1. The van der Waals surface area contributed by atoms with Crippen LogP contribution in [0.5, 0.6) is 23.0 Å². The van der Waals surface area contributed by atoms with Crippen molar-refractivity contribution in [3.63, 3.8) is 0 Å². The van der Waals surface area contributed by atoms with Crippen molar-refractivity contribution in [2.75, 3.05) is 20.8 Å². The van der Waals surface area contributed by atoms with Crippen molar-refractivity contribution in [1.29, 1.82) is 5.26 Å². The maximum atomic E-state index is 12.1. The van der Waals surface area contributed by atoms with Crippen LogP contribution in [0.3, 0.4) is 0 Å². The largest absolute Gasteiger partial charge is 0.493 e. The summed E-state index contributed by atoms with van der Waals surface area (Å²) in [6.45, 7) is -0.319. The quantitative estimate of drug-likeness (QED) is 0.167. The highest BCUT2D eigenvalue weighted by Gasteiger charge is 2.10. The second kappa shape index (κ2) is 11.3. The topological polar surface area (TPSA) is 77.8 Å². The zero-order valence-electron chi connectivity index (χ0n) is 17.8. The van der Waals surface area contributed by atoms with Crippen molar-refractivity contribution in [3.05, 3.63) is 81.8 Å². The van der Waals surface area contributed by atoms with Gasteiger partial charge in [-0.1, -0.05) is 35.3 Å². The van der Waals surface area contributed by atoms with E-state index in [0.717, 1.165) is 5.56 Å². The predicted octanol–water partition coefficient (Wildman–Crippen LogP) is 6.06. The molecule has 0 heterocycles. The predicted molar refractivity (Wildman–Crippen MR) is 127 cm³/mol. The van der Waals surface area contributed by atoms with Gasteiger partial charge in [-0.2, -0.15) is 5.26 Å². The fourth-order valence-corrected chi connectivity index (χ4v) is 3.34. The molecule has 3 aromatic rings. The lowest BCUT2D eigenvalue weighted by Crippen LogP contribution is -2.17. The van der Waals surface area contributed by atoms with Crippen LogP contribution in [-0.2, 0) is 4.79 Å². The maximum absolute atomic E-state index is 12.1. The number of hydrogen-bond donors (Lipinski definition) is 0. The molecule has 168 valence electrons. The number of nitriles is 1. The number of methoxy groups -OCH3 is 2. The van der Waals surface area contributed by atoms with Crippen molar-refractivity contribution < 1.29 is 23.7 Å². The summed E-state index contributed by atoms with van der Waals surface area (Å²) in [5.74, 6) is 1.19. The van der Waals surface area contributed by atoms with Gasteiger partial charge in [0.1, 0.15) is 11.5 Å². The molecule has 3 aromatic carbocycles. The van der Waals surface area contributed by atoms with E-state index in [0.29, 0.717) is 44.2 Å². The second-order valence-corrected chi connectivity index (χ2v) is 7.49. The smallest absolute Gasteiger partial charge is 0.349 e. The molecule has 0 N–H and O–H groups in total. The van der Waals surface area contributed by atoms with Crippen LogP contribution < -0.4 is 18.9 Å². The molecule has 0 saturated carbocycles. The lowest BCUT2D eigenvalue weighted by atomic mass is 10.0. The van der Waals surface area contributed by atoms with Crippen LogP contribution in [-0.4, -0.2) is 26.8 Å². The van der Waals surface area contributed by atoms with E-state index in [1.54, 1.807) is 67.8 Å². The first-order valence-electron chi connectivity index (χ1n) is 9.66. The molecule has 3 rings (SSSR count). The summed E-state index contributed by atoms with van der Waals surface area (Å²) in [5, 5.41) is 10.4. The number of esters is 1. The number of halogens is 2. The molecule has 6 nitrogen and oxygen atoms in total. The van der Waals surface area contributed by atoms with E-state index in [4.69, 9.17) is 42.1 Å². The van der Waals surface area contributed by atoms with Gasteiger partial charge < -0.3 is 18.9 Å². The van der Waals surface area contributed by atoms with Crippen molar-refractivity contribution in [3.8, 4) is 29.1 Å². The normalized spacial score (nSPS) is 10.8. The summed E-state index contributed by atoms with van der Waals surface area (Å²) < 4.78 is 21.2. The summed E-state index contributed by atoms with van der Waals surface area (Å²) in [7, 11) is 3.08. The molecule has 0 spiro atoms. The molecule has 0 fully saturated rings. The summed E-state index contributed by atoms with van der Waals surface area (Å²) in [6.07, 6.45) is 1.72. The van der Waals surface area contributed by atoms with Gasteiger partial charge in [-0.3, -0.25) is 0 Å². The van der Waals surface area contributed by atoms with Crippen LogP contribution in [0.1, 0.15) is 11.1 Å². The Labute approximate surface area is 201 Å². The van der Waals surface area contributed by atoms with Crippen molar-refractivity contribution in [2.24, 2.45) is 0 Å². The number of rotatable bonds is 8. The van der Waals surface area contributed by atoms with E-state index >= 15 is 0 Å². The lowest BCUT2D eigenvalue weighted by molar-refractivity contribution is -0.136. The van der Waals surface area contributed by atoms with E-state index < -0.39 is 5.97 Å². The third kappa shape index (κ3) is 6.42. The van der Waals surface area contributed by atoms with Gasteiger partial charge in [0.15, 0.2) is 18.1 Å². The van der Waals surface area contributed by atoms with Crippen molar-refractivity contribution in [2.45, 2.75) is 0 Å². The molecule has 33 heavy (non-hydrogen) atoms. The van der Waals surface area contributed by atoms with Crippen LogP contribution in [0.15, 0.2) is 60.7 Å². The fourth-order valence-electron chi connectivity index (χ4n) is 2.87. The maximum Gasteiger partial charge on any atom is 0.349 e. The minimum atomic E-state index is -0.590. The van der Waals surface area contributed by atoms with Gasteiger partial charge >= 0.3 is 5.97 Å². The SMILES string of the molecule is COc1ccc(/C(C#N)=C\c2ccc(OC(=O)COc3ccc(Cl)cc3Cl)cc2)cc1OC. The monoisotopic (exact) mass is 483 g/mol. The van der Waals surface area contributed by atoms with E-state index in [1.165, 1.54) is 13.2 Å². The average molecular weight is 484 g/mol. The van der Waals surface area contributed by atoms with Crippen LogP contribution in [0.25, 0.3) is 11.6 Å². The Morgan fingerprint density at radius 2 is 1.64 bits per heavy atom. The van der Waals surface area contributed by atoms with Crippen molar-refractivity contribution >= 4 is 40.8 Å². The Morgan fingerprint density at radius 3 is 2.27 bits per heavy atom. The average Bonchev–Trinajstić information content (AvgIpc) is 2.82. The Kier molecular flexibility index (Phi) is 8.20. The Hall–Kier alpha value is -3.66. The zero-order valence-corrected chi connectivity index (χ0v) is 19.3. The highest BCUT2D eigenvalue weighted by molar-refractivity contribution is 6.35. The highest BCUT2D eigenvalue weighted by Crippen LogP contribution is 2.31. The molecule has 0 atom stereocenters. The number of benzene rings is 3. The molecular formula is C25H19Cl2NO5. The Balaban J connectivity index is 1.65. The number of carbonyl (C=O) groups is 1. The number of hydrogen-bond acceptors (Lipinski definition) is 6. The number of ether oxygens (including phenoxy) is 4. The highest BCUT2D eigenvalue weighted by atomic mass is 35.5. The molecule has 0 aliphatic heterocycles. The summed E-state index contributed by atoms with van der Waals surface area (Å²) in [5.41, 5.74) is 1.88. The van der Waals surface area contributed by atoms with Gasteiger partial charge in [0.2, 0.25) is 0 Å². The van der Waals surface area contributed by atoms with Gasteiger partial charge in [-0.15, -0.1) is 0 Å². The van der Waals surface area contributed by atoms with E-state index in [9.17, 15) is 10.1 Å². The van der Waals surface area contributed by atoms with Crippen LogP contribution >= 0.6 is 23.2 Å². The summed E-state index contributed by atoms with van der Waals surface area (Å²) >= 11 is 11.9. The van der Waals surface area contributed by atoms with E-state index in [2.05, 4.69) is 6.07 Å². The minimum absolute atomic E-state index is 0.300. The molecule has 0 bridgehead atoms. The molecule has 0 aliphatic carbocycles. The molecule has 0 amide bonds. The van der Waals surface area contributed by atoms with Gasteiger partial charge in [0.05, 0.1) is 30.9 Å². The third-order valence-corrected chi connectivity index (χ3v) is 5.01. The number of nitrogens with zero attached hydrogens (tertiary/aromatic N) is 1. The van der Waals surface area contributed by atoms with Crippen LogP contribution in [0, 0.1) is 11.3 Å². The first kappa shape index (κ1) is 24.0. The second-order valence-electron chi connectivity index (χ2n) is 6.65. The molecule has 0 saturated heterocycles. The van der Waals surface area contributed by atoms with Gasteiger partial charge in [0, 0.05) is 5.02 Å². The van der Waals surface area contributed by atoms with Gasteiger partial charge in [-0.05, 0) is 65.7 Å². The third-order valence-electron chi connectivity index (χ3n) is 4.48. The number of allylic oxidation sites excluding steroid dienone is 1. The standard InChI is InChI=1S/C25H19Cl2NO5/c1-30-23-9-5-17(12-24(23)31-2)18(14-28)11-16-3-7-20(8-4-16)33-25(29)15-32-22-10-6-19(26)13-21(22)27/h3-13H,15H2,1-2H3/b18-11-. The Bertz CT molecular complexity index is 1220. The molecule has 0 aromatic heterocycles. The first-order valence-corrected chi connectivity index (χ1v) is 10.4. The van der Waals surface area contributed by atoms with Crippen molar-refractivity contribution in [1.82, 2.24) is 0 Å². The van der Waals surface area contributed by atoms with E-state index in [1.807, 2.05) is 0 Å². The van der Waals surface area contributed by atoms with Gasteiger partial charge in [0.25, 0.3) is 0 Å². The molecule has 8 heteroatoms. The van der Waals surface area contributed by atoms with Crippen LogP contribution in [0.2, 0.25) is 10.0 Å². The molecular weight excluding hydrogens is 465 g/mol. The fraction of sp³-hybridized carbons (Fsp3) is 0.120. The van der Waals surface area contributed by atoms with Crippen LogP contribution in [0.4, 0.5) is 0 Å². The molecule has 0 radical (unpaired) electrons. The van der Waals surface area contributed by atoms with E-state index in [-0.39, 0.29) is 6.61 Å².